The van der Waals surface area contributed by atoms with Gasteiger partial charge >= 0.3 is 5.97 Å². The molecule has 1 aromatic carbocycles. The van der Waals surface area contributed by atoms with E-state index in [1.54, 1.807) is 29.9 Å². The summed E-state index contributed by atoms with van der Waals surface area (Å²) in [6.45, 7) is 4.00. The fraction of sp³-hybridized carbons (Fsp3) is 0.333. The lowest BCUT2D eigenvalue weighted by atomic mass is 9.99. The maximum absolute atomic E-state index is 11.9. The first kappa shape index (κ1) is 16.8. The van der Waals surface area contributed by atoms with Crippen molar-refractivity contribution in [2.45, 2.75) is 26.2 Å². The molecule has 122 valence electrons. The summed E-state index contributed by atoms with van der Waals surface area (Å²) in [6.07, 6.45) is 2.82. The van der Waals surface area contributed by atoms with Crippen LogP contribution in [0.15, 0.2) is 42.6 Å². The van der Waals surface area contributed by atoms with Crippen LogP contribution >= 0.6 is 0 Å². The van der Waals surface area contributed by atoms with E-state index in [1.165, 1.54) is 5.56 Å². The predicted octanol–water partition coefficient (Wildman–Crippen LogP) is 3.33. The van der Waals surface area contributed by atoms with E-state index in [0.717, 1.165) is 6.42 Å². The zero-order valence-electron chi connectivity index (χ0n) is 13.7. The van der Waals surface area contributed by atoms with Crippen molar-refractivity contribution in [3.05, 3.63) is 53.9 Å². The third-order valence-corrected chi connectivity index (χ3v) is 3.86. The maximum Gasteiger partial charge on any atom is 0.355 e. The summed E-state index contributed by atoms with van der Waals surface area (Å²) in [5, 5.41) is 2.72. The van der Waals surface area contributed by atoms with Gasteiger partial charge in [-0.1, -0.05) is 26.0 Å². The van der Waals surface area contributed by atoms with Crippen LogP contribution < -0.4 is 5.32 Å². The molecule has 0 saturated carbocycles. The van der Waals surface area contributed by atoms with Gasteiger partial charge in [-0.25, -0.2) is 4.79 Å². The zero-order valence-corrected chi connectivity index (χ0v) is 13.7. The molecule has 0 saturated heterocycles. The standard InChI is InChI=1S/C18H22N2O3/c1-4-13(2)14-7-9-15(10-8-14)19-17(21)12-23-18(22)16-6-5-11-20(16)3/h5-11,13H,4,12H2,1-3H3,(H,19,21)/t13-/m0/s1. The van der Waals surface area contributed by atoms with Crippen molar-refractivity contribution in [3.63, 3.8) is 0 Å². The summed E-state index contributed by atoms with van der Waals surface area (Å²) in [5.41, 5.74) is 2.34. The van der Waals surface area contributed by atoms with Crippen molar-refractivity contribution in [2.24, 2.45) is 7.05 Å². The molecule has 23 heavy (non-hydrogen) atoms. The highest BCUT2D eigenvalue weighted by Crippen LogP contribution is 2.20. The van der Waals surface area contributed by atoms with Gasteiger partial charge in [-0.05, 0) is 42.2 Å². The number of carbonyl (C=O) groups excluding carboxylic acids is 2. The van der Waals surface area contributed by atoms with E-state index in [1.807, 2.05) is 24.3 Å². The first-order valence-electron chi connectivity index (χ1n) is 7.69. The van der Waals surface area contributed by atoms with Gasteiger partial charge in [-0.2, -0.15) is 0 Å². The Morgan fingerprint density at radius 2 is 1.91 bits per heavy atom. The van der Waals surface area contributed by atoms with Crippen molar-refractivity contribution in [2.75, 3.05) is 11.9 Å². The van der Waals surface area contributed by atoms with Crippen LogP contribution in [0.4, 0.5) is 5.69 Å². The topological polar surface area (TPSA) is 60.3 Å². The van der Waals surface area contributed by atoms with Gasteiger partial charge in [-0.15, -0.1) is 0 Å². The monoisotopic (exact) mass is 314 g/mol. The summed E-state index contributed by atoms with van der Waals surface area (Å²) in [6, 6.07) is 11.1. The highest BCUT2D eigenvalue weighted by Gasteiger charge is 2.12. The fourth-order valence-corrected chi connectivity index (χ4v) is 2.21. The lowest BCUT2D eigenvalue weighted by molar-refractivity contribution is -0.119. The predicted molar refractivity (Wildman–Crippen MR) is 89.5 cm³/mol. The van der Waals surface area contributed by atoms with Crippen molar-refractivity contribution >= 4 is 17.6 Å². The largest absolute Gasteiger partial charge is 0.451 e. The summed E-state index contributed by atoms with van der Waals surface area (Å²) >= 11 is 0. The van der Waals surface area contributed by atoms with Crippen molar-refractivity contribution in [3.8, 4) is 0 Å². The highest BCUT2D eigenvalue weighted by molar-refractivity contribution is 5.94. The molecule has 1 atom stereocenters. The summed E-state index contributed by atoms with van der Waals surface area (Å²) in [4.78, 5) is 23.7. The van der Waals surface area contributed by atoms with E-state index in [4.69, 9.17) is 4.74 Å². The minimum absolute atomic E-state index is 0.308. The molecule has 1 N–H and O–H groups in total. The van der Waals surface area contributed by atoms with Crippen molar-refractivity contribution in [1.29, 1.82) is 0 Å². The Bertz CT molecular complexity index is 674. The number of hydrogen-bond donors (Lipinski definition) is 1. The Morgan fingerprint density at radius 1 is 1.22 bits per heavy atom. The van der Waals surface area contributed by atoms with Crippen molar-refractivity contribution < 1.29 is 14.3 Å². The smallest absolute Gasteiger partial charge is 0.355 e. The Morgan fingerprint density at radius 3 is 2.48 bits per heavy atom. The molecular formula is C18H22N2O3. The van der Waals surface area contributed by atoms with Gasteiger partial charge in [-0.3, -0.25) is 4.79 Å². The SMILES string of the molecule is CC[C@H](C)c1ccc(NC(=O)COC(=O)c2cccn2C)cc1. The van der Waals surface area contributed by atoms with Gasteiger partial charge in [0.2, 0.25) is 0 Å². The quantitative estimate of drug-likeness (QED) is 0.832. The zero-order chi connectivity index (χ0) is 16.8. The third-order valence-electron chi connectivity index (χ3n) is 3.86. The maximum atomic E-state index is 11.9. The number of nitrogens with zero attached hydrogens (tertiary/aromatic N) is 1. The van der Waals surface area contributed by atoms with Gasteiger partial charge in [0.15, 0.2) is 6.61 Å². The molecule has 0 fully saturated rings. The molecule has 1 amide bonds. The van der Waals surface area contributed by atoms with Gasteiger partial charge in [0, 0.05) is 18.9 Å². The normalized spacial score (nSPS) is 11.8. The van der Waals surface area contributed by atoms with Gasteiger partial charge in [0.1, 0.15) is 5.69 Å². The second kappa shape index (κ2) is 7.63. The molecule has 2 rings (SSSR count). The first-order valence-corrected chi connectivity index (χ1v) is 7.69. The van der Waals surface area contributed by atoms with E-state index >= 15 is 0 Å². The Labute approximate surface area is 136 Å². The molecule has 0 radical (unpaired) electrons. The van der Waals surface area contributed by atoms with Gasteiger partial charge in [0.05, 0.1) is 0 Å². The van der Waals surface area contributed by atoms with Crippen LogP contribution in [-0.4, -0.2) is 23.1 Å². The second-order valence-electron chi connectivity index (χ2n) is 5.56. The number of carbonyl (C=O) groups is 2. The van der Waals surface area contributed by atoms with E-state index in [9.17, 15) is 9.59 Å². The first-order chi connectivity index (χ1) is 11.0. The number of hydrogen-bond acceptors (Lipinski definition) is 3. The average molecular weight is 314 g/mol. The lowest BCUT2D eigenvalue weighted by Gasteiger charge is -2.11. The molecule has 2 aromatic rings. The number of amides is 1. The number of anilines is 1. The van der Waals surface area contributed by atoms with E-state index in [2.05, 4.69) is 19.2 Å². The summed E-state index contributed by atoms with van der Waals surface area (Å²) < 4.78 is 6.66. The average Bonchev–Trinajstić information content (AvgIpc) is 2.98. The molecule has 0 aliphatic heterocycles. The number of benzene rings is 1. The van der Waals surface area contributed by atoms with Crippen LogP contribution in [0.3, 0.4) is 0 Å². The summed E-state index contributed by atoms with van der Waals surface area (Å²) in [5.74, 6) is -0.380. The number of esters is 1. The third kappa shape index (κ3) is 4.45. The minimum Gasteiger partial charge on any atom is -0.451 e. The van der Waals surface area contributed by atoms with E-state index < -0.39 is 5.97 Å². The number of rotatable bonds is 6. The Balaban J connectivity index is 1.85. The summed E-state index contributed by atoms with van der Waals surface area (Å²) in [7, 11) is 1.75. The van der Waals surface area contributed by atoms with Crippen molar-refractivity contribution in [1.82, 2.24) is 4.57 Å². The molecule has 0 unspecified atom stereocenters. The molecule has 0 aliphatic rings. The van der Waals surface area contributed by atoms with Crippen LogP contribution in [0, 0.1) is 0 Å². The fourth-order valence-electron chi connectivity index (χ4n) is 2.21. The number of ether oxygens (including phenoxy) is 1. The van der Waals surface area contributed by atoms with E-state index in [-0.39, 0.29) is 12.5 Å². The molecule has 0 aliphatic carbocycles. The number of aryl methyl sites for hydroxylation is 1. The van der Waals surface area contributed by atoms with Gasteiger partial charge < -0.3 is 14.6 Å². The lowest BCUT2D eigenvalue weighted by Crippen LogP contribution is -2.21. The van der Waals surface area contributed by atoms with Crippen LogP contribution in [-0.2, 0) is 16.6 Å². The number of nitrogens with one attached hydrogen (secondary N) is 1. The molecule has 0 spiro atoms. The molecule has 0 bridgehead atoms. The molecule has 5 nitrogen and oxygen atoms in total. The van der Waals surface area contributed by atoms with Crippen LogP contribution in [0.2, 0.25) is 0 Å². The Kier molecular flexibility index (Phi) is 5.57. The molecule has 5 heteroatoms. The molecule has 1 aromatic heterocycles. The Hall–Kier alpha value is -2.56. The number of aromatic nitrogens is 1. The van der Waals surface area contributed by atoms with E-state index in [0.29, 0.717) is 17.3 Å². The van der Waals surface area contributed by atoms with Crippen LogP contribution in [0.25, 0.3) is 0 Å². The molecule has 1 heterocycles. The minimum atomic E-state index is -0.514. The van der Waals surface area contributed by atoms with Crippen LogP contribution in [0.5, 0.6) is 0 Å². The highest BCUT2D eigenvalue weighted by atomic mass is 16.5. The second-order valence-corrected chi connectivity index (χ2v) is 5.56. The molecular weight excluding hydrogens is 292 g/mol. The van der Waals surface area contributed by atoms with Gasteiger partial charge in [0.25, 0.3) is 5.91 Å². The van der Waals surface area contributed by atoms with Crippen LogP contribution in [0.1, 0.15) is 42.2 Å².